The van der Waals surface area contributed by atoms with Gasteiger partial charge in [0.25, 0.3) is 5.91 Å². The fraction of sp³-hybridized carbons (Fsp3) is 0.636. The summed E-state index contributed by atoms with van der Waals surface area (Å²) in [6, 6.07) is 5.86. The van der Waals surface area contributed by atoms with E-state index in [9.17, 15) is 9.59 Å². The van der Waals surface area contributed by atoms with Gasteiger partial charge >= 0.3 is 6.03 Å². The predicted molar refractivity (Wildman–Crippen MR) is 114 cm³/mol. The minimum absolute atomic E-state index is 0.0763. The van der Waals surface area contributed by atoms with Gasteiger partial charge in [-0.1, -0.05) is 26.2 Å². The van der Waals surface area contributed by atoms with Crippen molar-refractivity contribution in [1.82, 2.24) is 10.6 Å². The Hall–Kier alpha value is -2.24. The molecule has 2 fully saturated rings. The summed E-state index contributed by atoms with van der Waals surface area (Å²) < 4.78 is 0. The van der Waals surface area contributed by atoms with E-state index in [0.29, 0.717) is 11.3 Å². The van der Waals surface area contributed by atoms with Crippen molar-refractivity contribution < 1.29 is 9.59 Å². The number of benzene rings is 1. The summed E-state index contributed by atoms with van der Waals surface area (Å²) in [6.45, 7) is 6.00. The van der Waals surface area contributed by atoms with Gasteiger partial charge in [-0.25, -0.2) is 4.79 Å². The maximum Gasteiger partial charge on any atom is 0.319 e. The van der Waals surface area contributed by atoms with Crippen LogP contribution in [0.1, 0.15) is 75.6 Å². The van der Waals surface area contributed by atoms with Gasteiger partial charge in [0.2, 0.25) is 0 Å². The zero-order valence-corrected chi connectivity index (χ0v) is 17.2. The molecule has 1 saturated carbocycles. The van der Waals surface area contributed by atoms with Crippen molar-refractivity contribution >= 4 is 23.3 Å². The molecule has 0 spiro atoms. The standard InChI is InChI=1S/C22H34N4O2/c1-3-16(2)23-21(27)19-15-18(11-12-20(19)26-13-7-8-14-26)25-22(28)24-17-9-5-4-6-10-17/h11-12,15-17H,3-10,13-14H2,1-2H3,(H,23,27)(H2,24,25,28)/t16-/m1/s1. The fourth-order valence-corrected chi connectivity index (χ4v) is 4.03. The average molecular weight is 387 g/mol. The van der Waals surface area contributed by atoms with E-state index >= 15 is 0 Å². The van der Waals surface area contributed by atoms with Gasteiger partial charge in [-0.2, -0.15) is 0 Å². The quantitative estimate of drug-likeness (QED) is 0.683. The number of nitrogens with zero attached hydrogens (tertiary/aromatic N) is 1. The van der Waals surface area contributed by atoms with Gasteiger partial charge in [-0.3, -0.25) is 4.79 Å². The number of hydrogen-bond donors (Lipinski definition) is 3. The molecule has 3 amide bonds. The van der Waals surface area contributed by atoms with Crippen LogP contribution in [0.15, 0.2) is 18.2 Å². The molecule has 3 rings (SSSR count). The van der Waals surface area contributed by atoms with Crippen LogP contribution >= 0.6 is 0 Å². The van der Waals surface area contributed by atoms with Crippen molar-refractivity contribution in [2.75, 3.05) is 23.3 Å². The summed E-state index contributed by atoms with van der Waals surface area (Å²) in [5, 5.41) is 9.05. The SMILES string of the molecule is CC[C@@H](C)NC(=O)c1cc(NC(=O)NC2CCCCC2)ccc1N1CCCC1. The molecule has 1 aromatic carbocycles. The zero-order chi connectivity index (χ0) is 19.9. The van der Waals surface area contributed by atoms with Crippen molar-refractivity contribution in [2.45, 2.75) is 77.3 Å². The van der Waals surface area contributed by atoms with Crippen molar-refractivity contribution in [2.24, 2.45) is 0 Å². The lowest BCUT2D eigenvalue weighted by Gasteiger charge is -2.24. The van der Waals surface area contributed by atoms with Crippen LogP contribution in [0.3, 0.4) is 0 Å². The number of nitrogens with one attached hydrogen (secondary N) is 3. The molecular formula is C22H34N4O2. The molecule has 1 atom stereocenters. The highest BCUT2D eigenvalue weighted by molar-refractivity contribution is 6.02. The smallest absolute Gasteiger partial charge is 0.319 e. The lowest BCUT2D eigenvalue weighted by Crippen LogP contribution is -2.39. The molecule has 1 aliphatic carbocycles. The van der Waals surface area contributed by atoms with Crippen molar-refractivity contribution in [3.05, 3.63) is 23.8 Å². The highest BCUT2D eigenvalue weighted by atomic mass is 16.2. The maximum atomic E-state index is 12.9. The largest absolute Gasteiger partial charge is 0.371 e. The molecule has 28 heavy (non-hydrogen) atoms. The van der Waals surface area contributed by atoms with Gasteiger partial charge in [0.1, 0.15) is 0 Å². The van der Waals surface area contributed by atoms with Crippen LogP contribution in [-0.2, 0) is 0 Å². The Kier molecular flexibility index (Phi) is 7.18. The number of amides is 3. The lowest BCUT2D eigenvalue weighted by atomic mass is 9.96. The van der Waals surface area contributed by atoms with E-state index in [1.54, 1.807) is 0 Å². The van der Waals surface area contributed by atoms with Crippen LogP contribution in [0, 0.1) is 0 Å². The monoisotopic (exact) mass is 386 g/mol. The minimum atomic E-state index is -0.186. The van der Waals surface area contributed by atoms with Crippen LogP contribution in [0.5, 0.6) is 0 Å². The summed E-state index contributed by atoms with van der Waals surface area (Å²) >= 11 is 0. The van der Waals surface area contributed by atoms with E-state index in [2.05, 4.69) is 27.8 Å². The summed E-state index contributed by atoms with van der Waals surface area (Å²) in [6.07, 6.45) is 8.88. The Labute approximate surface area is 168 Å². The Bertz CT molecular complexity index is 679. The van der Waals surface area contributed by atoms with Gasteiger partial charge in [-0.05, 0) is 57.2 Å². The molecule has 1 saturated heterocycles. The molecule has 154 valence electrons. The topological polar surface area (TPSA) is 73.5 Å². The molecule has 0 bridgehead atoms. The molecule has 1 aromatic rings. The third-order valence-corrected chi connectivity index (χ3v) is 5.88. The second-order valence-corrected chi connectivity index (χ2v) is 8.14. The summed E-state index contributed by atoms with van der Waals surface area (Å²) in [5.41, 5.74) is 2.25. The molecule has 2 aliphatic rings. The number of anilines is 2. The number of carbonyl (C=O) groups excluding carboxylic acids is 2. The Balaban J connectivity index is 1.73. The van der Waals surface area contributed by atoms with Crippen molar-refractivity contribution in [3.8, 4) is 0 Å². The number of hydrogen-bond acceptors (Lipinski definition) is 3. The Morgan fingerprint density at radius 3 is 2.50 bits per heavy atom. The van der Waals surface area contributed by atoms with Gasteiger partial charge in [0, 0.05) is 36.5 Å². The van der Waals surface area contributed by atoms with Gasteiger partial charge in [-0.15, -0.1) is 0 Å². The second-order valence-electron chi connectivity index (χ2n) is 8.14. The summed E-state index contributed by atoms with van der Waals surface area (Å²) in [4.78, 5) is 27.5. The van der Waals surface area contributed by atoms with E-state index in [4.69, 9.17) is 0 Å². The van der Waals surface area contributed by atoms with Gasteiger partial charge < -0.3 is 20.9 Å². The normalized spacial score (nSPS) is 18.6. The molecule has 1 heterocycles. The number of carbonyl (C=O) groups is 2. The highest BCUT2D eigenvalue weighted by Gasteiger charge is 2.22. The summed E-state index contributed by atoms with van der Waals surface area (Å²) in [7, 11) is 0. The van der Waals surface area contributed by atoms with Crippen LogP contribution in [0.4, 0.5) is 16.2 Å². The average Bonchev–Trinajstić information content (AvgIpc) is 3.23. The molecule has 3 N–H and O–H groups in total. The van der Waals surface area contributed by atoms with E-state index in [1.807, 2.05) is 25.1 Å². The fourth-order valence-electron chi connectivity index (χ4n) is 4.03. The van der Waals surface area contributed by atoms with Crippen LogP contribution in [-0.4, -0.2) is 37.1 Å². The van der Waals surface area contributed by atoms with Crippen molar-refractivity contribution in [3.63, 3.8) is 0 Å². The van der Waals surface area contributed by atoms with E-state index in [0.717, 1.165) is 50.9 Å². The molecule has 1 aliphatic heterocycles. The van der Waals surface area contributed by atoms with Crippen LogP contribution in [0.25, 0.3) is 0 Å². The van der Waals surface area contributed by atoms with Gasteiger partial charge in [0.15, 0.2) is 0 Å². The van der Waals surface area contributed by atoms with Gasteiger partial charge in [0.05, 0.1) is 5.56 Å². The molecule has 0 aromatic heterocycles. The van der Waals surface area contributed by atoms with Crippen molar-refractivity contribution in [1.29, 1.82) is 0 Å². The third-order valence-electron chi connectivity index (χ3n) is 5.88. The van der Waals surface area contributed by atoms with Crippen LogP contribution in [0.2, 0.25) is 0 Å². The third kappa shape index (κ3) is 5.40. The molecule has 0 unspecified atom stereocenters. The number of rotatable bonds is 6. The summed E-state index contributed by atoms with van der Waals surface area (Å²) in [5.74, 6) is -0.0763. The lowest BCUT2D eigenvalue weighted by molar-refractivity contribution is 0.0939. The first-order valence-electron chi connectivity index (χ1n) is 10.8. The first-order valence-corrected chi connectivity index (χ1v) is 10.8. The first kappa shape index (κ1) is 20.5. The molecular weight excluding hydrogens is 352 g/mol. The van der Waals surface area contributed by atoms with E-state index < -0.39 is 0 Å². The maximum absolute atomic E-state index is 12.9. The van der Waals surface area contributed by atoms with Crippen LogP contribution < -0.4 is 20.9 Å². The second kappa shape index (κ2) is 9.80. The number of urea groups is 1. The Morgan fingerprint density at radius 1 is 1.11 bits per heavy atom. The van der Waals surface area contributed by atoms with E-state index in [1.165, 1.54) is 19.3 Å². The molecule has 0 radical (unpaired) electrons. The molecule has 6 heteroatoms. The zero-order valence-electron chi connectivity index (χ0n) is 17.2. The molecule has 6 nitrogen and oxygen atoms in total. The minimum Gasteiger partial charge on any atom is -0.371 e. The highest BCUT2D eigenvalue weighted by Crippen LogP contribution is 2.28. The van der Waals surface area contributed by atoms with E-state index in [-0.39, 0.29) is 24.0 Å². The Morgan fingerprint density at radius 2 is 1.82 bits per heavy atom. The first-order chi connectivity index (χ1) is 13.6. The predicted octanol–water partition coefficient (Wildman–Crippen LogP) is 4.27.